The molecular weight excluding hydrogens is 370 g/mol. The maximum atomic E-state index is 12.4. The second kappa shape index (κ2) is 7.06. The first kappa shape index (κ1) is 16.4. The summed E-state index contributed by atoms with van der Waals surface area (Å²) >= 11 is 3.18. The zero-order valence-corrected chi connectivity index (χ0v) is 15.0. The topological polar surface area (TPSA) is 107 Å². The number of amides is 1. The van der Waals surface area contributed by atoms with E-state index in [0.717, 1.165) is 15.6 Å². The number of nitrogens with two attached hydrogens (primary N) is 1. The number of hydrogen-bond acceptors (Lipinski definition) is 8. The molecule has 0 radical (unpaired) electrons. The maximum Gasteiger partial charge on any atom is 0.270 e. The van der Waals surface area contributed by atoms with Gasteiger partial charge in [0, 0.05) is 5.38 Å². The van der Waals surface area contributed by atoms with Crippen LogP contribution in [0.5, 0.6) is 0 Å². The largest absolute Gasteiger partial charge is 0.463 e. The van der Waals surface area contributed by atoms with Crippen molar-refractivity contribution in [3.05, 3.63) is 58.7 Å². The second-order valence-corrected chi connectivity index (χ2v) is 7.08. The number of carbonyl (C=O) groups excluding carboxylic acids is 1. The minimum atomic E-state index is -0.349. The van der Waals surface area contributed by atoms with E-state index in [2.05, 4.69) is 20.3 Å². The van der Waals surface area contributed by atoms with Gasteiger partial charge in [-0.05, 0) is 29.6 Å². The molecule has 4 aromatic heterocycles. The van der Waals surface area contributed by atoms with E-state index in [1.807, 2.05) is 22.9 Å². The third-order valence-electron chi connectivity index (χ3n) is 3.46. The Balaban J connectivity index is 1.47. The first-order valence-corrected chi connectivity index (χ1v) is 9.40. The number of anilines is 1. The Morgan fingerprint density at radius 1 is 1.19 bits per heavy atom. The van der Waals surface area contributed by atoms with E-state index in [4.69, 9.17) is 10.2 Å². The number of aromatic nitrogens is 3. The Kier molecular flexibility index (Phi) is 4.46. The Morgan fingerprint density at radius 3 is 2.88 bits per heavy atom. The molecule has 0 aliphatic carbocycles. The molecule has 0 saturated carbocycles. The first-order valence-electron chi connectivity index (χ1n) is 7.64. The number of nitrogens with zero attached hydrogens (tertiary/aromatic N) is 3. The van der Waals surface area contributed by atoms with Crippen LogP contribution in [0.4, 0.5) is 5.95 Å². The fraction of sp³-hybridized carbons (Fsp3) is 0.0588. The van der Waals surface area contributed by atoms with Gasteiger partial charge in [0.05, 0.1) is 23.4 Å². The molecule has 0 spiro atoms. The molecule has 1 amide bonds. The summed E-state index contributed by atoms with van der Waals surface area (Å²) in [6, 6.07) is 9.03. The zero-order chi connectivity index (χ0) is 17.9. The summed E-state index contributed by atoms with van der Waals surface area (Å²) in [4.78, 5) is 26.2. The van der Waals surface area contributed by atoms with Crippen molar-refractivity contribution in [2.75, 3.05) is 5.73 Å². The van der Waals surface area contributed by atoms with E-state index in [1.54, 1.807) is 40.9 Å². The van der Waals surface area contributed by atoms with E-state index in [0.29, 0.717) is 18.0 Å². The Bertz CT molecular complexity index is 1030. The van der Waals surface area contributed by atoms with Gasteiger partial charge in [0.15, 0.2) is 5.76 Å². The van der Waals surface area contributed by atoms with E-state index in [1.165, 1.54) is 6.26 Å². The number of carbonyl (C=O) groups is 1. The van der Waals surface area contributed by atoms with Gasteiger partial charge in [-0.2, -0.15) is 0 Å². The summed E-state index contributed by atoms with van der Waals surface area (Å²) in [5, 5.41) is 7.68. The predicted octanol–water partition coefficient (Wildman–Crippen LogP) is 3.43. The van der Waals surface area contributed by atoms with Gasteiger partial charge in [-0.3, -0.25) is 4.79 Å². The van der Waals surface area contributed by atoms with Crippen LogP contribution in [0.2, 0.25) is 0 Å². The molecule has 4 aromatic rings. The van der Waals surface area contributed by atoms with Gasteiger partial charge in [0.2, 0.25) is 5.95 Å². The molecule has 0 atom stereocenters. The lowest BCUT2D eigenvalue weighted by molar-refractivity contribution is 0.0945. The van der Waals surface area contributed by atoms with Crippen LogP contribution in [0.1, 0.15) is 16.2 Å². The lowest BCUT2D eigenvalue weighted by atomic mass is 10.2. The molecule has 0 fully saturated rings. The quantitative estimate of drug-likeness (QED) is 0.547. The highest BCUT2D eigenvalue weighted by Crippen LogP contribution is 2.27. The molecule has 130 valence electrons. The average molecular weight is 383 g/mol. The molecule has 0 aliphatic heterocycles. The zero-order valence-electron chi connectivity index (χ0n) is 13.4. The van der Waals surface area contributed by atoms with Crippen molar-refractivity contribution in [1.29, 1.82) is 0 Å². The van der Waals surface area contributed by atoms with Gasteiger partial charge in [0.25, 0.3) is 5.91 Å². The van der Waals surface area contributed by atoms with Crippen LogP contribution in [0.3, 0.4) is 0 Å². The summed E-state index contributed by atoms with van der Waals surface area (Å²) in [6.07, 6.45) is 1.53. The molecule has 0 aromatic carbocycles. The van der Waals surface area contributed by atoms with Crippen molar-refractivity contribution in [2.24, 2.45) is 0 Å². The molecule has 7 nitrogen and oxygen atoms in total. The number of nitrogens with one attached hydrogen (secondary N) is 1. The number of furan rings is 1. The molecule has 4 heterocycles. The number of thiazole rings is 1. The number of rotatable bonds is 5. The van der Waals surface area contributed by atoms with E-state index >= 15 is 0 Å². The van der Waals surface area contributed by atoms with Crippen LogP contribution < -0.4 is 11.1 Å². The molecule has 3 N–H and O–H groups in total. The summed E-state index contributed by atoms with van der Waals surface area (Å²) in [6.45, 7) is 0.306. The maximum absolute atomic E-state index is 12.4. The Morgan fingerprint density at radius 2 is 2.12 bits per heavy atom. The van der Waals surface area contributed by atoms with Crippen LogP contribution in [-0.2, 0) is 6.54 Å². The standard InChI is InChI=1S/C17H13N5O2S2/c18-17-21-11(13-3-1-5-24-13)7-12(22-17)15(23)19-8-10-9-26-16(20-10)14-4-2-6-25-14/h1-7,9H,8H2,(H,19,23)(H2,18,21,22). The summed E-state index contributed by atoms with van der Waals surface area (Å²) in [5.41, 5.74) is 7.14. The van der Waals surface area contributed by atoms with Gasteiger partial charge in [-0.15, -0.1) is 22.7 Å². The third kappa shape index (κ3) is 3.48. The number of thiophene rings is 1. The fourth-order valence-electron chi connectivity index (χ4n) is 2.30. The van der Waals surface area contributed by atoms with Gasteiger partial charge >= 0.3 is 0 Å². The second-order valence-electron chi connectivity index (χ2n) is 5.28. The van der Waals surface area contributed by atoms with Crippen LogP contribution in [0.25, 0.3) is 21.3 Å². The molecule has 0 unspecified atom stereocenters. The number of hydrogen-bond donors (Lipinski definition) is 2. The van der Waals surface area contributed by atoms with E-state index in [9.17, 15) is 4.79 Å². The summed E-state index contributed by atoms with van der Waals surface area (Å²) in [7, 11) is 0. The van der Waals surface area contributed by atoms with Crippen molar-refractivity contribution in [3.8, 4) is 21.3 Å². The Hall–Kier alpha value is -3.04. The predicted molar refractivity (Wildman–Crippen MR) is 101 cm³/mol. The molecule has 26 heavy (non-hydrogen) atoms. The first-order chi connectivity index (χ1) is 12.7. The number of nitrogen functional groups attached to an aromatic ring is 1. The average Bonchev–Trinajstić information content (AvgIpc) is 3.41. The van der Waals surface area contributed by atoms with Crippen molar-refractivity contribution in [1.82, 2.24) is 20.3 Å². The van der Waals surface area contributed by atoms with Crippen LogP contribution in [0, 0.1) is 0 Å². The summed E-state index contributed by atoms with van der Waals surface area (Å²) < 4.78 is 5.29. The van der Waals surface area contributed by atoms with Gasteiger partial charge in [-0.1, -0.05) is 6.07 Å². The minimum absolute atomic E-state index is 0.0117. The molecule has 0 bridgehead atoms. The van der Waals surface area contributed by atoms with E-state index in [-0.39, 0.29) is 17.5 Å². The van der Waals surface area contributed by atoms with Crippen LogP contribution in [0.15, 0.2) is 51.8 Å². The SMILES string of the molecule is Nc1nc(C(=O)NCc2csc(-c3cccs3)n2)cc(-c2ccco2)n1. The van der Waals surface area contributed by atoms with Crippen molar-refractivity contribution < 1.29 is 9.21 Å². The highest BCUT2D eigenvalue weighted by atomic mass is 32.1. The normalized spacial score (nSPS) is 10.8. The monoisotopic (exact) mass is 383 g/mol. The fourth-order valence-corrected chi connectivity index (χ4v) is 3.93. The smallest absolute Gasteiger partial charge is 0.270 e. The Labute approximate surface area is 156 Å². The highest BCUT2D eigenvalue weighted by molar-refractivity contribution is 7.20. The van der Waals surface area contributed by atoms with Crippen molar-refractivity contribution in [3.63, 3.8) is 0 Å². The molecule has 0 aliphatic rings. The van der Waals surface area contributed by atoms with Gasteiger partial charge in [-0.25, -0.2) is 15.0 Å². The van der Waals surface area contributed by atoms with Gasteiger partial charge < -0.3 is 15.5 Å². The molecule has 9 heteroatoms. The molecular formula is C17H13N5O2S2. The van der Waals surface area contributed by atoms with E-state index < -0.39 is 0 Å². The third-order valence-corrected chi connectivity index (χ3v) is 5.39. The van der Waals surface area contributed by atoms with Crippen LogP contribution in [-0.4, -0.2) is 20.9 Å². The molecule has 0 saturated heterocycles. The van der Waals surface area contributed by atoms with Crippen molar-refractivity contribution in [2.45, 2.75) is 6.54 Å². The lowest BCUT2D eigenvalue weighted by Crippen LogP contribution is -2.24. The lowest BCUT2D eigenvalue weighted by Gasteiger charge is -2.05. The van der Waals surface area contributed by atoms with Crippen molar-refractivity contribution >= 4 is 34.5 Å². The summed E-state index contributed by atoms with van der Waals surface area (Å²) in [5.74, 6) is 0.184. The van der Waals surface area contributed by atoms with Gasteiger partial charge in [0.1, 0.15) is 16.4 Å². The molecule has 4 rings (SSSR count). The minimum Gasteiger partial charge on any atom is -0.463 e. The van der Waals surface area contributed by atoms with Crippen LogP contribution >= 0.6 is 22.7 Å². The highest BCUT2D eigenvalue weighted by Gasteiger charge is 2.14.